The predicted molar refractivity (Wildman–Crippen MR) is 103 cm³/mol. The van der Waals surface area contributed by atoms with Crippen LogP contribution >= 0.6 is 0 Å². The van der Waals surface area contributed by atoms with Crippen molar-refractivity contribution in [3.8, 4) is 6.07 Å². The van der Waals surface area contributed by atoms with Crippen molar-refractivity contribution in [1.29, 1.82) is 5.26 Å². The number of rotatable bonds is 1. The maximum atomic E-state index is 14.1. The first-order chi connectivity index (χ1) is 13.6. The van der Waals surface area contributed by atoms with Gasteiger partial charge in [0.15, 0.2) is 0 Å². The van der Waals surface area contributed by atoms with Crippen LogP contribution in [0, 0.1) is 24.1 Å². The second-order valence-electron chi connectivity index (χ2n) is 7.11. The molecule has 2 saturated heterocycles. The van der Waals surface area contributed by atoms with Gasteiger partial charge in [-0.25, -0.2) is 9.18 Å². The van der Waals surface area contributed by atoms with Gasteiger partial charge in [0.05, 0.1) is 30.0 Å². The Labute approximate surface area is 162 Å². The third-order valence-electron chi connectivity index (χ3n) is 5.37. The van der Waals surface area contributed by atoms with Gasteiger partial charge < -0.3 is 19.4 Å². The molecule has 0 radical (unpaired) electrons. The molecule has 146 valence electrons. The average Bonchev–Trinajstić information content (AvgIpc) is 2.73. The van der Waals surface area contributed by atoms with Crippen LogP contribution in [0.2, 0.25) is 0 Å². The number of carbonyl (C=O) groups excluding carboxylic acids is 1. The number of aromatic nitrogens is 1. The number of hydrogen-bond donors (Lipinski definition) is 0. The highest BCUT2D eigenvalue weighted by Crippen LogP contribution is 2.32. The van der Waals surface area contributed by atoms with E-state index in [1.54, 1.807) is 6.20 Å². The molecule has 2 aromatic rings. The summed E-state index contributed by atoms with van der Waals surface area (Å²) in [6.45, 7) is 6.47. The van der Waals surface area contributed by atoms with E-state index in [2.05, 4.69) is 16.0 Å². The molecule has 2 aliphatic rings. The number of amides is 2. The van der Waals surface area contributed by atoms with Gasteiger partial charge in [-0.1, -0.05) is 0 Å². The van der Waals surface area contributed by atoms with Crippen molar-refractivity contribution in [2.75, 3.05) is 57.4 Å². The summed E-state index contributed by atoms with van der Waals surface area (Å²) in [5, 5.41) is 10.2. The van der Waals surface area contributed by atoms with E-state index >= 15 is 0 Å². The van der Waals surface area contributed by atoms with E-state index in [9.17, 15) is 14.4 Å². The summed E-state index contributed by atoms with van der Waals surface area (Å²) in [6.07, 6.45) is 1.55. The number of nitrogens with zero attached hydrogens (tertiary/aromatic N) is 5. The summed E-state index contributed by atoms with van der Waals surface area (Å²) in [5.41, 5.74) is 2.56. The number of pyridine rings is 1. The minimum atomic E-state index is -0.343. The lowest BCUT2D eigenvalue weighted by Crippen LogP contribution is -2.55. The van der Waals surface area contributed by atoms with E-state index in [4.69, 9.17) is 4.74 Å². The number of ether oxygens (including phenoxy) is 1. The fourth-order valence-corrected chi connectivity index (χ4v) is 3.92. The van der Waals surface area contributed by atoms with Crippen LogP contribution in [0.1, 0.15) is 11.1 Å². The van der Waals surface area contributed by atoms with Gasteiger partial charge in [0.1, 0.15) is 11.9 Å². The zero-order chi connectivity index (χ0) is 19.7. The predicted octanol–water partition coefficient (Wildman–Crippen LogP) is 2.13. The first-order valence-electron chi connectivity index (χ1n) is 9.44. The van der Waals surface area contributed by atoms with Crippen LogP contribution in [-0.2, 0) is 4.74 Å². The number of aryl methyl sites for hydroxylation is 1. The molecule has 2 amide bonds. The molecule has 4 rings (SSSR count). The highest BCUT2D eigenvalue weighted by Gasteiger charge is 2.28. The number of halogens is 1. The Morgan fingerprint density at radius 3 is 2.50 bits per heavy atom. The molecule has 28 heavy (non-hydrogen) atoms. The molecule has 2 aliphatic heterocycles. The van der Waals surface area contributed by atoms with Crippen LogP contribution in [0.3, 0.4) is 0 Å². The summed E-state index contributed by atoms with van der Waals surface area (Å²) in [6, 6.07) is 5.10. The smallest absolute Gasteiger partial charge is 0.320 e. The van der Waals surface area contributed by atoms with Crippen LogP contribution in [0.4, 0.5) is 14.9 Å². The monoisotopic (exact) mass is 383 g/mol. The Kier molecular flexibility index (Phi) is 5.01. The van der Waals surface area contributed by atoms with Gasteiger partial charge in [-0.3, -0.25) is 4.98 Å². The number of hydrogen-bond acceptors (Lipinski definition) is 5. The van der Waals surface area contributed by atoms with Crippen molar-refractivity contribution in [2.24, 2.45) is 0 Å². The van der Waals surface area contributed by atoms with E-state index in [0.717, 1.165) is 5.56 Å². The highest BCUT2D eigenvalue weighted by molar-refractivity contribution is 5.96. The quantitative estimate of drug-likeness (QED) is 0.754. The molecule has 0 spiro atoms. The lowest BCUT2D eigenvalue weighted by atomic mass is 10.0. The Morgan fingerprint density at radius 2 is 1.82 bits per heavy atom. The van der Waals surface area contributed by atoms with Gasteiger partial charge in [-0.05, 0) is 24.6 Å². The van der Waals surface area contributed by atoms with E-state index < -0.39 is 0 Å². The number of urea groups is 1. The number of morpholine rings is 1. The van der Waals surface area contributed by atoms with Gasteiger partial charge in [-0.15, -0.1) is 0 Å². The summed E-state index contributed by atoms with van der Waals surface area (Å²) < 4.78 is 19.4. The van der Waals surface area contributed by atoms with Gasteiger partial charge in [0.25, 0.3) is 0 Å². The zero-order valence-electron chi connectivity index (χ0n) is 15.8. The van der Waals surface area contributed by atoms with Crippen molar-refractivity contribution in [3.05, 3.63) is 35.3 Å². The maximum Gasteiger partial charge on any atom is 0.320 e. The molecule has 0 unspecified atom stereocenters. The SMILES string of the molecule is Cc1cc(F)cc2c(N3CCN(C(=O)N4CCOCC4)CC3)c(C#N)cnc12. The fourth-order valence-electron chi connectivity index (χ4n) is 3.92. The van der Waals surface area contributed by atoms with Crippen molar-refractivity contribution < 1.29 is 13.9 Å². The minimum absolute atomic E-state index is 0.0323. The first-order valence-corrected chi connectivity index (χ1v) is 9.44. The largest absolute Gasteiger partial charge is 0.378 e. The van der Waals surface area contributed by atoms with E-state index in [1.807, 2.05) is 16.7 Å². The minimum Gasteiger partial charge on any atom is -0.378 e. The van der Waals surface area contributed by atoms with E-state index in [-0.39, 0.29) is 11.8 Å². The van der Waals surface area contributed by atoms with Gasteiger partial charge in [0.2, 0.25) is 0 Å². The number of piperazine rings is 1. The fraction of sp³-hybridized carbons (Fsp3) is 0.450. The molecule has 0 bridgehead atoms. The van der Waals surface area contributed by atoms with Crippen LogP contribution in [0.5, 0.6) is 0 Å². The lowest BCUT2D eigenvalue weighted by molar-refractivity contribution is 0.0428. The normalized spacial score (nSPS) is 17.7. The van der Waals surface area contributed by atoms with Crippen molar-refractivity contribution in [1.82, 2.24) is 14.8 Å². The van der Waals surface area contributed by atoms with Crippen molar-refractivity contribution in [3.63, 3.8) is 0 Å². The van der Waals surface area contributed by atoms with Gasteiger partial charge >= 0.3 is 6.03 Å². The Hall–Kier alpha value is -2.92. The molecule has 0 N–H and O–H groups in total. The average molecular weight is 383 g/mol. The van der Waals surface area contributed by atoms with E-state index in [1.165, 1.54) is 12.1 Å². The Morgan fingerprint density at radius 1 is 1.14 bits per heavy atom. The van der Waals surface area contributed by atoms with Crippen LogP contribution < -0.4 is 4.90 Å². The molecule has 0 saturated carbocycles. The number of fused-ring (bicyclic) bond motifs is 1. The topological polar surface area (TPSA) is 72.7 Å². The van der Waals surface area contributed by atoms with Crippen LogP contribution in [-0.4, -0.2) is 73.3 Å². The molecular weight excluding hydrogens is 361 g/mol. The molecular formula is C20H22FN5O2. The molecule has 2 fully saturated rings. The zero-order valence-corrected chi connectivity index (χ0v) is 15.8. The number of benzene rings is 1. The maximum absolute atomic E-state index is 14.1. The third kappa shape index (κ3) is 3.34. The summed E-state index contributed by atoms with van der Waals surface area (Å²) in [5.74, 6) is -0.343. The van der Waals surface area contributed by atoms with Gasteiger partial charge in [-0.2, -0.15) is 5.26 Å². The molecule has 1 aromatic carbocycles. The molecule has 1 aromatic heterocycles. The van der Waals surface area contributed by atoms with E-state index in [0.29, 0.717) is 74.6 Å². The second-order valence-corrected chi connectivity index (χ2v) is 7.11. The summed E-state index contributed by atoms with van der Waals surface area (Å²) in [7, 11) is 0. The van der Waals surface area contributed by atoms with Crippen LogP contribution in [0.25, 0.3) is 10.9 Å². The third-order valence-corrected chi connectivity index (χ3v) is 5.37. The standard InChI is InChI=1S/C20H22FN5O2/c1-14-10-16(21)11-17-18(14)23-13-15(12-22)19(17)24-2-4-25(5-3-24)20(27)26-6-8-28-9-7-26/h10-11,13H,2-9H2,1H3. The number of nitriles is 1. The summed E-state index contributed by atoms with van der Waals surface area (Å²) >= 11 is 0. The Balaban J connectivity index is 1.58. The van der Waals surface area contributed by atoms with Crippen molar-refractivity contribution in [2.45, 2.75) is 6.92 Å². The van der Waals surface area contributed by atoms with Crippen LogP contribution in [0.15, 0.2) is 18.3 Å². The van der Waals surface area contributed by atoms with Gasteiger partial charge in [0, 0.05) is 50.9 Å². The summed E-state index contributed by atoms with van der Waals surface area (Å²) in [4.78, 5) is 22.8. The molecule has 7 nitrogen and oxygen atoms in total. The number of anilines is 1. The first kappa shape index (κ1) is 18.4. The molecule has 3 heterocycles. The highest BCUT2D eigenvalue weighted by atomic mass is 19.1. The second kappa shape index (κ2) is 7.60. The molecule has 0 atom stereocenters. The number of carbonyl (C=O) groups is 1. The molecule has 0 aliphatic carbocycles. The molecule has 8 heteroatoms. The lowest BCUT2D eigenvalue weighted by Gasteiger charge is -2.39. The van der Waals surface area contributed by atoms with Crippen molar-refractivity contribution >= 4 is 22.6 Å². The Bertz CT molecular complexity index is 944.